The van der Waals surface area contributed by atoms with Crippen LogP contribution in [0.1, 0.15) is 104 Å². The van der Waals surface area contributed by atoms with Gasteiger partial charge in [-0.3, -0.25) is 0 Å². The first-order chi connectivity index (χ1) is 9.16. The van der Waals surface area contributed by atoms with Gasteiger partial charge in [-0.2, -0.15) is 0 Å². The van der Waals surface area contributed by atoms with E-state index in [1.54, 1.807) is 0 Å². The van der Waals surface area contributed by atoms with Crippen molar-refractivity contribution in [1.29, 1.82) is 0 Å². The van der Waals surface area contributed by atoms with E-state index < -0.39 is 0 Å². The fourth-order valence-electron chi connectivity index (χ4n) is 3.47. The first-order valence-corrected chi connectivity index (χ1v) is 8.95. The van der Waals surface area contributed by atoms with E-state index in [9.17, 15) is 0 Å². The molecule has 0 aromatic rings. The van der Waals surface area contributed by atoms with Crippen LogP contribution in [0, 0.1) is 5.92 Å². The molecule has 0 radical (unpaired) electrons. The molecular formula is C18H37N. The Morgan fingerprint density at radius 3 is 2.21 bits per heavy atom. The van der Waals surface area contributed by atoms with Gasteiger partial charge in [0.1, 0.15) is 0 Å². The molecule has 0 amide bonds. The fraction of sp³-hybridized carbons (Fsp3) is 1.00. The molecule has 0 heterocycles. The second kappa shape index (κ2) is 9.80. The molecule has 114 valence electrons. The predicted octanol–water partition coefficient (Wildman–Crippen LogP) is 5.81. The zero-order chi connectivity index (χ0) is 14.0. The second-order valence-electron chi connectivity index (χ2n) is 7.12. The highest BCUT2D eigenvalue weighted by Gasteiger charge is 2.27. The second-order valence-corrected chi connectivity index (χ2v) is 7.12. The van der Waals surface area contributed by atoms with Crippen LogP contribution in [0.2, 0.25) is 0 Å². The smallest absolute Gasteiger partial charge is 0.0154 e. The van der Waals surface area contributed by atoms with Crippen molar-refractivity contribution in [3.8, 4) is 0 Å². The van der Waals surface area contributed by atoms with Crippen molar-refractivity contribution in [3.63, 3.8) is 0 Å². The van der Waals surface area contributed by atoms with Crippen molar-refractivity contribution in [2.45, 2.75) is 109 Å². The maximum absolute atomic E-state index is 6.60. The van der Waals surface area contributed by atoms with Crippen LogP contribution < -0.4 is 5.73 Å². The molecule has 1 rings (SSSR count). The van der Waals surface area contributed by atoms with Crippen molar-refractivity contribution in [3.05, 3.63) is 0 Å². The maximum atomic E-state index is 6.60. The standard InChI is InChI=1S/C18H37N/c1-3-4-5-6-7-8-9-10-14-18(19)15-11-12-17(2)13-16-18/h17H,3-16,19H2,1-2H3. The number of unbranched alkanes of at least 4 members (excludes halogenated alkanes) is 7. The minimum atomic E-state index is 0.187. The Bertz CT molecular complexity index is 214. The zero-order valence-corrected chi connectivity index (χ0v) is 13.6. The Balaban J connectivity index is 2.01. The van der Waals surface area contributed by atoms with Crippen LogP contribution in [0.5, 0.6) is 0 Å². The van der Waals surface area contributed by atoms with E-state index in [4.69, 9.17) is 5.73 Å². The quantitative estimate of drug-likeness (QED) is 0.414. The van der Waals surface area contributed by atoms with Crippen LogP contribution in [0.3, 0.4) is 0 Å². The predicted molar refractivity (Wildman–Crippen MR) is 86.4 cm³/mol. The largest absolute Gasteiger partial charge is 0.325 e. The summed E-state index contributed by atoms with van der Waals surface area (Å²) < 4.78 is 0. The summed E-state index contributed by atoms with van der Waals surface area (Å²) in [6, 6.07) is 0. The highest BCUT2D eigenvalue weighted by Crippen LogP contribution is 2.32. The molecule has 2 unspecified atom stereocenters. The van der Waals surface area contributed by atoms with E-state index >= 15 is 0 Å². The van der Waals surface area contributed by atoms with Gasteiger partial charge in [-0.15, -0.1) is 0 Å². The lowest BCUT2D eigenvalue weighted by Crippen LogP contribution is -2.39. The number of hydrogen-bond donors (Lipinski definition) is 1. The lowest BCUT2D eigenvalue weighted by Gasteiger charge is -2.28. The third-order valence-electron chi connectivity index (χ3n) is 5.03. The Hall–Kier alpha value is -0.0400. The Kier molecular flexibility index (Phi) is 8.77. The summed E-state index contributed by atoms with van der Waals surface area (Å²) in [4.78, 5) is 0. The van der Waals surface area contributed by atoms with Crippen molar-refractivity contribution in [1.82, 2.24) is 0 Å². The van der Waals surface area contributed by atoms with Gasteiger partial charge in [0, 0.05) is 5.54 Å². The molecule has 1 heteroatoms. The molecule has 1 aliphatic carbocycles. The van der Waals surface area contributed by atoms with Crippen molar-refractivity contribution in [2.75, 3.05) is 0 Å². The number of rotatable bonds is 9. The van der Waals surface area contributed by atoms with Gasteiger partial charge in [0.25, 0.3) is 0 Å². The van der Waals surface area contributed by atoms with Gasteiger partial charge in [-0.1, -0.05) is 78.1 Å². The van der Waals surface area contributed by atoms with E-state index in [-0.39, 0.29) is 5.54 Å². The summed E-state index contributed by atoms with van der Waals surface area (Å²) >= 11 is 0. The van der Waals surface area contributed by atoms with Gasteiger partial charge in [0.05, 0.1) is 0 Å². The molecule has 0 saturated heterocycles. The van der Waals surface area contributed by atoms with E-state index in [0.29, 0.717) is 0 Å². The van der Waals surface area contributed by atoms with Crippen LogP contribution in [-0.4, -0.2) is 5.54 Å². The number of nitrogens with two attached hydrogens (primary N) is 1. The number of hydrogen-bond acceptors (Lipinski definition) is 1. The first-order valence-electron chi connectivity index (χ1n) is 8.95. The SMILES string of the molecule is CCCCCCCCCCC1(N)CCCC(C)CC1. The minimum absolute atomic E-state index is 0.187. The molecule has 0 bridgehead atoms. The van der Waals surface area contributed by atoms with E-state index in [0.717, 1.165) is 5.92 Å². The first kappa shape index (κ1) is 17.0. The summed E-state index contributed by atoms with van der Waals surface area (Å²) in [5, 5.41) is 0. The molecule has 19 heavy (non-hydrogen) atoms. The van der Waals surface area contributed by atoms with Crippen LogP contribution in [0.4, 0.5) is 0 Å². The van der Waals surface area contributed by atoms with Gasteiger partial charge in [-0.25, -0.2) is 0 Å². The molecular weight excluding hydrogens is 230 g/mol. The average molecular weight is 268 g/mol. The Morgan fingerprint density at radius 2 is 1.53 bits per heavy atom. The third kappa shape index (κ3) is 7.97. The lowest BCUT2D eigenvalue weighted by atomic mass is 9.85. The highest BCUT2D eigenvalue weighted by atomic mass is 14.7. The molecule has 0 aromatic carbocycles. The Labute approximate surface area is 121 Å². The molecule has 1 aliphatic rings. The fourth-order valence-corrected chi connectivity index (χ4v) is 3.47. The van der Waals surface area contributed by atoms with Crippen molar-refractivity contribution < 1.29 is 0 Å². The van der Waals surface area contributed by atoms with Gasteiger partial charge >= 0.3 is 0 Å². The van der Waals surface area contributed by atoms with E-state index in [1.807, 2.05) is 0 Å². The topological polar surface area (TPSA) is 26.0 Å². The van der Waals surface area contributed by atoms with Crippen LogP contribution in [-0.2, 0) is 0 Å². The highest BCUT2D eigenvalue weighted by molar-refractivity contribution is 4.87. The van der Waals surface area contributed by atoms with Crippen LogP contribution in [0.25, 0.3) is 0 Å². The van der Waals surface area contributed by atoms with Gasteiger partial charge in [0.15, 0.2) is 0 Å². The summed E-state index contributed by atoms with van der Waals surface area (Å²) in [6.07, 6.45) is 19.2. The van der Waals surface area contributed by atoms with Gasteiger partial charge in [-0.05, 0) is 31.6 Å². The van der Waals surface area contributed by atoms with Crippen LogP contribution in [0.15, 0.2) is 0 Å². The summed E-state index contributed by atoms with van der Waals surface area (Å²) in [6.45, 7) is 4.68. The summed E-state index contributed by atoms with van der Waals surface area (Å²) in [7, 11) is 0. The van der Waals surface area contributed by atoms with Crippen LogP contribution >= 0.6 is 0 Å². The molecule has 1 saturated carbocycles. The van der Waals surface area contributed by atoms with Crippen molar-refractivity contribution in [2.24, 2.45) is 11.7 Å². The monoisotopic (exact) mass is 267 g/mol. The van der Waals surface area contributed by atoms with E-state index in [1.165, 1.54) is 89.9 Å². The molecule has 0 spiro atoms. The van der Waals surface area contributed by atoms with E-state index in [2.05, 4.69) is 13.8 Å². The normalized spacial score (nSPS) is 28.3. The summed E-state index contributed by atoms with van der Waals surface area (Å²) in [5.74, 6) is 0.906. The zero-order valence-electron chi connectivity index (χ0n) is 13.6. The maximum Gasteiger partial charge on any atom is 0.0154 e. The third-order valence-corrected chi connectivity index (χ3v) is 5.03. The lowest BCUT2D eigenvalue weighted by molar-refractivity contribution is 0.327. The minimum Gasteiger partial charge on any atom is -0.325 e. The molecule has 2 N–H and O–H groups in total. The average Bonchev–Trinajstić information content (AvgIpc) is 2.56. The van der Waals surface area contributed by atoms with Gasteiger partial charge in [0.2, 0.25) is 0 Å². The molecule has 1 nitrogen and oxygen atoms in total. The Morgan fingerprint density at radius 1 is 0.895 bits per heavy atom. The van der Waals surface area contributed by atoms with Crippen molar-refractivity contribution >= 4 is 0 Å². The molecule has 0 aromatic heterocycles. The molecule has 1 fully saturated rings. The molecule has 0 aliphatic heterocycles. The molecule has 2 atom stereocenters. The van der Waals surface area contributed by atoms with Gasteiger partial charge < -0.3 is 5.73 Å². The summed E-state index contributed by atoms with van der Waals surface area (Å²) in [5.41, 5.74) is 6.79.